The van der Waals surface area contributed by atoms with E-state index in [-0.39, 0.29) is 0 Å². The molecular weight excluding hydrogens is 246 g/mol. The molecule has 0 aromatic rings. The van der Waals surface area contributed by atoms with Gasteiger partial charge < -0.3 is 10.6 Å². The Kier molecular flexibility index (Phi) is 6.18. The fourth-order valence-electron chi connectivity index (χ4n) is 3.75. The first-order valence-electron chi connectivity index (χ1n) is 8.76. The molecule has 0 aromatic carbocycles. The van der Waals surface area contributed by atoms with Gasteiger partial charge in [0.25, 0.3) is 0 Å². The largest absolute Gasteiger partial charge is 0.370 e. The summed E-state index contributed by atoms with van der Waals surface area (Å²) in [7, 11) is 0. The fourth-order valence-corrected chi connectivity index (χ4v) is 3.75. The highest BCUT2D eigenvalue weighted by Crippen LogP contribution is 2.30. The zero-order chi connectivity index (χ0) is 14.4. The molecule has 0 atom stereocenters. The molecule has 2 aliphatic carbocycles. The molecule has 0 bridgehead atoms. The van der Waals surface area contributed by atoms with Crippen molar-refractivity contribution >= 4 is 5.96 Å². The summed E-state index contributed by atoms with van der Waals surface area (Å²) in [6.07, 6.45) is 13.5. The van der Waals surface area contributed by atoms with E-state index < -0.39 is 0 Å². The molecular formula is C17H33N3. The number of nitrogens with zero attached hydrogens (tertiary/aromatic N) is 2. The maximum absolute atomic E-state index is 6.40. The van der Waals surface area contributed by atoms with E-state index in [0.717, 1.165) is 12.5 Å². The normalized spacial score (nSPS) is 23.2. The molecule has 0 heterocycles. The summed E-state index contributed by atoms with van der Waals surface area (Å²) in [4.78, 5) is 7.22. The molecule has 20 heavy (non-hydrogen) atoms. The fraction of sp³-hybridized carbons (Fsp3) is 0.941. The SMILES string of the molecule is CC(C)CN=C(N)N(C1CCCCC1)C1CCCCC1. The van der Waals surface area contributed by atoms with Gasteiger partial charge in [-0.1, -0.05) is 52.4 Å². The van der Waals surface area contributed by atoms with Crippen molar-refractivity contribution in [2.75, 3.05) is 6.54 Å². The van der Waals surface area contributed by atoms with Gasteiger partial charge in [-0.3, -0.25) is 4.99 Å². The third-order valence-electron chi connectivity index (χ3n) is 4.82. The second-order valence-electron chi connectivity index (χ2n) is 7.08. The molecule has 0 radical (unpaired) electrons. The van der Waals surface area contributed by atoms with Crippen LogP contribution in [0.3, 0.4) is 0 Å². The number of hydrogen-bond acceptors (Lipinski definition) is 1. The number of hydrogen-bond donors (Lipinski definition) is 1. The highest BCUT2D eigenvalue weighted by molar-refractivity contribution is 5.78. The Balaban J connectivity index is 2.07. The predicted octanol–water partition coefficient (Wildman–Crippen LogP) is 3.92. The Labute approximate surface area is 125 Å². The van der Waals surface area contributed by atoms with Gasteiger partial charge in [-0.25, -0.2) is 0 Å². The van der Waals surface area contributed by atoms with E-state index in [0.29, 0.717) is 18.0 Å². The number of guanidine groups is 1. The van der Waals surface area contributed by atoms with E-state index in [1.165, 1.54) is 64.2 Å². The second-order valence-corrected chi connectivity index (χ2v) is 7.08. The molecule has 0 saturated heterocycles. The first-order chi connectivity index (χ1) is 9.68. The number of aliphatic imine (C=N–C) groups is 1. The van der Waals surface area contributed by atoms with Crippen molar-refractivity contribution < 1.29 is 0 Å². The average Bonchev–Trinajstić information content (AvgIpc) is 2.48. The van der Waals surface area contributed by atoms with Crippen LogP contribution in [0, 0.1) is 5.92 Å². The number of rotatable bonds is 4. The standard InChI is InChI=1S/C17H33N3/c1-14(2)13-19-17(18)20(15-9-5-3-6-10-15)16-11-7-4-8-12-16/h14-16H,3-13H2,1-2H3,(H2,18,19). The van der Waals surface area contributed by atoms with E-state index in [1.54, 1.807) is 0 Å². The van der Waals surface area contributed by atoms with Crippen LogP contribution in [0.1, 0.15) is 78.1 Å². The Bertz CT molecular complexity index is 281. The Hall–Kier alpha value is -0.730. The lowest BCUT2D eigenvalue weighted by Gasteiger charge is -2.42. The van der Waals surface area contributed by atoms with Crippen LogP contribution in [0.25, 0.3) is 0 Å². The van der Waals surface area contributed by atoms with Crippen LogP contribution in [0.4, 0.5) is 0 Å². The molecule has 3 heteroatoms. The summed E-state index contributed by atoms with van der Waals surface area (Å²) in [5.74, 6) is 1.42. The first-order valence-corrected chi connectivity index (χ1v) is 8.76. The van der Waals surface area contributed by atoms with Gasteiger partial charge in [0.2, 0.25) is 0 Å². The molecule has 0 spiro atoms. The quantitative estimate of drug-likeness (QED) is 0.626. The van der Waals surface area contributed by atoms with E-state index in [9.17, 15) is 0 Å². The highest BCUT2D eigenvalue weighted by atomic mass is 15.3. The van der Waals surface area contributed by atoms with Crippen LogP contribution in [0.2, 0.25) is 0 Å². The molecule has 116 valence electrons. The molecule has 2 N–H and O–H groups in total. The van der Waals surface area contributed by atoms with Crippen LogP contribution in [0.5, 0.6) is 0 Å². The van der Waals surface area contributed by atoms with Gasteiger partial charge in [-0.05, 0) is 31.6 Å². The molecule has 2 rings (SSSR count). The number of nitrogens with two attached hydrogens (primary N) is 1. The Morgan fingerprint density at radius 1 is 0.950 bits per heavy atom. The van der Waals surface area contributed by atoms with Crippen molar-refractivity contribution in [2.45, 2.75) is 90.1 Å². The second kappa shape index (κ2) is 7.90. The van der Waals surface area contributed by atoms with E-state index in [4.69, 9.17) is 10.7 Å². The van der Waals surface area contributed by atoms with Gasteiger partial charge in [-0.15, -0.1) is 0 Å². The lowest BCUT2D eigenvalue weighted by Crippen LogP contribution is -2.52. The lowest BCUT2D eigenvalue weighted by molar-refractivity contribution is 0.155. The smallest absolute Gasteiger partial charge is 0.191 e. The average molecular weight is 279 g/mol. The lowest BCUT2D eigenvalue weighted by atomic mass is 9.89. The monoisotopic (exact) mass is 279 g/mol. The van der Waals surface area contributed by atoms with E-state index in [2.05, 4.69) is 18.7 Å². The maximum atomic E-state index is 6.40. The van der Waals surface area contributed by atoms with Gasteiger partial charge in [0.05, 0.1) is 0 Å². The third kappa shape index (κ3) is 4.39. The molecule has 0 aliphatic heterocycles. The Morgan fingerprint density at radius 2 is 1.40 bits per heavy atom. The van der Waals surface area contributed by atoms with Crippen molar-refractivity contribution in [3.05, 3.63) is 0 Å². The van der Waals surface area contributed by atoms with Gasteiger partial charge in [0.15, 0.2) is 5.96 Å². The minimum Gasteiger partial charge on any atom is -0.370 e. The van der Waals surface area contributed by atoms with Crippen molar-refractivity contribution in [2.24, 2.45) is 16.6 Å². The van der Waals surface area contributed by atoms with Gasteiger partial charge in [-0.2, -0.15) is 0 Å². The summed E-state index contributed by atoms with van der Waals surface area (Å²) in [5, 5.41) is 0. The summed E-state index contributed by atoms with van der Waals surface area (Å²) in [6, 6.07) is 1.31. The molecule has 0 aromatic heterocycles. The summed E-state index contributed by atoms with van der Waals surface area (Å²) in [5.41, 5.74) is 6.40. The van der Waals surface area contributed by atoms with Crippen LogP contribution in [0.15, 0.2) is 4.99 Å². The van der Waals surface area contributed by atoms with E-state index in [1.807, 2.05) is 0 Å². The zero-order valence-electron chi connectivity index (χ0n) is 13.5. The molecule has 0 unspecified atom stereocenters. The van der Waals surface area contributed by atoms with Crippen LogP contribution >= 0.6 is 0 Å². The summed E-state index contributed by atoms with van der Waals surface area (Å²) < 4.78 is 0. The van der Waals surface area contributed by atoms with Crippen molar-refractivity contribution in [1.82, 2.24) is 4.90 Å². The highest BCUT2D eigenvalue weighted by Gasteiger charge is 2.30. The van der Waals surface area contributed by atoms with Gasteiger partial charge in [0, 0.05) is 18.6 Å². The molecule has 2 fully saturated rings. The van der Waals surface area contributed by atoms with Crippen LogP contribution in [-0.2, 0) is 0 Å². The Morgan fingerprint density at radius 3 is 1.80 bits per heavy atom. The van der Waals surface area contributed by atoms with Crippen molar-refractivity contribution in [3.63, 3.8) is 0 Å². The van der Waals surface area contributed by atoms with Crippen LogP contribution in [-0.4, -0.2) is 29.5 Å². The van der Waals surface area contributed by atoms with Crippen molar-refractivity contribution in [1.29, 1.82) is 0 Å². The van der Waals surface area contributed by atoms with Crippen molar-refractivity contribution in [3.8, 4) is 0 Å². The maximum Gasteiger partial charge on any atom is 0.191 e. The minimum atomic E-state index is 0.591. The first kappa shape index (κ1) is 15.7. The predicted molar refractivity (Wildman–Crippen MR) is 86.9 cm³/mol. The van der Waals surface area contributed by atoms with Gasteiger partial charge >= 0.3 is 0 Å². The van der Waals surface area contributed by atoms with Crippen LogP contribution < -0.4 is 5.73 Å². The summed E-state index contributed by atoms with van der Waals surface area (Å²) >= 11 is 0. The summed E-state index contributed by atoms with van der Waals surface area (Å²) in [6.45, 7) is 5.28. The minimum absolute atomic E-state index is 0.591. The molecule has 2 saturated carbocycles. The van der Waals surface area contributed by atoms with Gasteiger partial charge in [0.1, 0.15) is 0 Å². The topological polar surface area (TPSA) is 41.6 Å². The molecule has 2 aliphatic rings. The molecule has 0 amide bonds. The molecule has 3 nitrogen and oxygen atoms in total. The zero-order valence-corrected chi connectivity index (χ0v) is 13.5. The van der Waals surface area contributed by atoms with E-state index >= 15 is 0 Å². The third-order valence-corrected chi connectivity index (χ3v) is 4.82.